The van der Waals surface area contributed by atoms with Crippen molar-refractivity contribution in [1.29, 1.82) is 0 Å². The van der Waals surface area contributed by atoms with E-state index in [1.165, 1.54) is 10.9 Å². The molecule has 0 radical (unpaired) electrons. The number of aromatic nitrogens is 1. The lowest BCUT2D eigenvalue weighted by atomic mass is 10.0. The van der Waals surface area contributed by atoms with Gasteiger partial charge in [0.25, 0.3) is 5.91 Å². The maximum Gasteiger partial charge on any atom is 0.289 e. The van der Waals surface area contributed by atoms with E-state index >= 15 is 0 Å². The highest BCUT2D eigenvalue weighted by Crippen LogP contribution is 2.28. The predicted molar refractivity (Wildman–Crippen MR) is 168 cm³/mol. The van der Waals surface area contributed by atoms with Crippen molar-refractivity contribution in [3.8, 4) is 0 Å². The summed E-state index contributed by atoms with van der Waals surface area (Å²) >= 11 is 0. The van der Waals surface area contributed by atoms with E-state index in [-0.39, 0.29) is 11.8 Å². The van der Waals surface area contributed by atoms with Crippen LogP contribution in [0.2, 0.25) is 0 Å². The van der Waals surface area contributed by atoms with Gasteiger partial charge in [0.2, 0.25) is 5.91 Å². The summed E-state index contributed by atoms with van der Waals surface area (Å²) in [7, 11) is 0. The van der Waals surface area contributed by atoms with Crippen LogP contribution in [-0.2, 0) is 29.2 Å². The number of amides is 2. The molecule has 2 aromatic carbocycles. The van der Waals surface area contributed by atoms with Crippen molar-refractivity contribution in [3.05, 3.63) is 89.5 Å². The SMILES string of the molecule is CC(=O)N1CCCCCCCN(C(=O)c2ccc(Cn3ccc4ccccc43)o2)Cc2ccc(CN3CCOCC3)cc21. The number of para-hydroxylation sites is 1. The number of furan rings is 1. The number of benzene rings is 2. The number of fused-ring (bicyclic) bond motifs is 2. The lowest BCUT2D eigenvalue weighted by Crippen LogP contribution is -2.36. The number of carbonyl (C=O) groups excluding carboxylic acids is 2. The molecule has 1 saturated heterocycles. The first-order valence-electron chi connectivity index (χ1n) is 15.7. The van der Waals surface area contributed by atoms with Gasteiger partial charge in [-0.25, -0.2) is 0 Å². The molecule has 43 heavy (non-hydrogen) atoms. The average molecular weight is 583 g/mol. The minimum atomic E-state index is -0.113. The fourth-order valence-corrected chi connectivity index (χ4v) is 6.30. The minimum absolute atomic E-state index is 0.0351. The third-order valence-corrected chi connectivity index (χ3v) is 8.67. The van der Waals surface area contributed by atoms with E-state index in [0.717, 1.165) is 87.5 Å². The Morgan fingerprint density at radius 2 is 1.60 bits per heavy atom. The van der Waals surface area contributed by atoms with Crippen LogP contribution in [0.15, 0.2) is 71.3 Å². The molecule has 2 aliphatic heterocycles. The molecule has 0 bridgehead atoms. The Kier molecular flexibility index (Phi) is 9.24. The average Bonchev–Trinajstić information content (AvgIpc) is 3.65. The van der Waals surface area contributed by atoms with E-state index < -0.39 is 0 Å². The maximum atomic E-state index is 13.9. The Morgan fingerprint density at radius 1 is 0.814 bits per heavy atom. The van der Waals surface area contributed by atoms with Gasteiger partial charge in [0, 0.05) is 63.6 Å². The Hall–Kier alpha value is -3.88. The van der Waals surface area contributed by atoms with Gasteiger partial charge in [-0.05, 0) is 59.7 Å². The largest absolute Gasteiger partial charge is 0.454 e. The van der Waals surface area contributed by atoms with Crippen LogP contribution in [0.3, 0.4) is 0 Å². The molecule has 2 aliphatic rings. The lowest BCUT2D eigenvalue weighted by Gasteiger charge is -2.30. The topological polar surface area (TPSA) is 71.2 Å². The summed E-state index contributed by atoms with van der Waals surface area (Å²) < 4.78 is 13.8. The van der Waals surface area contributed by atoms with Gasteiger partial charge in [0.05, 0.1) is 19.8 Å². The molecular formula is C35H42N4O4. The number of ether oxygens (including phenoxy) is 1. The van der Waals surface area contributed by atoms with Crippen LogP contribution in [0.5, 0.6) is 0 Å². The zero-order chi connectivity index (χ0) is 29.6. The predicted octanol–water partition coefficient (Wildman–Crippen LogP) is 6.07. The second-order valence-corrected chi connectivity index (χ2v) is 11.8. The molecular weight excluding hydrogens is 540 g/mol. The Labute approximate surface area is 253 Å². The van der Waals surface area contributed by atoms with Gasteiger partial charge in [0.1, 0.15) is 5.76 Å². The van der Waals surface area contributed by atoms with Gasteiger partial charge in [-0.1, -0.05) is 49.6 Å². The quantitative estimate of drug-likeness (QED) is 0.286. The first-order valence-corrected chi connectivity index (χ1v) is 15.7. The fraction of sp³-hybridized carbons (Fsp3) is 0.429. The first-order chi connectivity index (χ1) is 21.0. The number of carbonyl (C=O) groups is 2. The summed E-state index contributed by atoms with van der Waals surface area (Å²) in [5, 5.41) is 1.18. The van der Waals surface area contributed by atoms with E-state index in [2.05, 4.69) is 52.1 Å². The van der Waals surface area contributed by atoms with Crippen LogP contribution >= 0.6 is 0 Å². The van der Waals surface area contributed by atoms with E-state index in [4.69, 9.17) is 9.15 Å². The van der Waals surface area contributed by atoms with Crippen LogP contribution in [0.4, 0.5) is 5.69 Å². The third-order valence-electron chi connectivity index (χ3n) is 8.67. The summed E-state index contributed by atoms with van der Waals surface area (Å²) in [5.41, 5.74) is 4.20. The van der Waals surface area contributed by atoms with Crippen molar-refractivity contribution < 1.29 is 18.7 Å². The van der Waals surface area contributed by atoms with Crippen molar-refractivity contribution in [2.75, 3.05) is 44.3 Å². The van der Waals surface area contributed by atoms with E-state index in [0.29, 0.717) is 31.9 Å². The van der Waals surface area contributed by atoms with E-state index in [9.17, 15) is 9.59 Å². The lowest BCUT2D eigenvalue weighted by molar-refractivity contribution is -0.116. The molecule has 1 fully saturated rings. The zero-order valence-corrected chi connectivity index (χ0v) is 25.2. The van der Waals surface area contributed by atoms with Crippen LogP contribution < -0.4 is 4.90 Å². The number of nitrogens with zero attached hydrogens (tertiary/aromatic N) is 4. The Morgan fingerprint density at radius 3 is 2.44 bits per heavy atom. The highest BCUT2D eigenvalue weighted by molar-refractivity contribution is 5.93. The molecule has 8 heteroatoms. The molecule has 6 rings (SSSR count). The third kappa shape index (κ3) is 7.03. The molecule has 0 atom stereocenters. The second-order valence-electron chi connectivity index (χ2n) is 11.8. The monoisotopic (exact) mass is 582 g/mol. The van der Waals surface area contributed by atoms with Crippen molar-refractivity contribution >= 4 is 28.4 Å². The number of morpholine rings is 1. The molecule has 0 N–H and O–H groups in total. The van der Waals surface area contributed by atoms with Gasteiger partial charge >= 0.3 is 0 Å². The van der Waals surface area contributed by atoms with Gasteiger partial charge in [-0.2, -0.15) is 0 Å². The molecule has 8 nitrogen and oxygen atoms in total. The second kappa shape index (κ2) is 13.6. The number of hydrogen-bond acceptors (Lipinski definition) is 5. The Bertz CT molecular complexity index is 1550. The zero-order valence-electron chi connectivity index (χ0n) is 25.2. The molecule has 2 amide bonds. The standard InChI is InChI=1S/C35H42N4O4/c1-27(40)39-17-8-4-2-3-7-16-38(25-30-12-11-28(23-33(30)39)24-36-19-21-42-22-20-36)35(41)34-14-13-31(43-34)26-37-18-15-29-9-5-6-10-32(29)37/h5-6,9-15,18,23H,2-4,7-8,16-17,19-22,24-26H2,1H3. The van der Waals surface area contributed by atoms with Crippen molar-refractivity contribution in [3.63, 3.8) is 0 Å². The molecule has 4 aromatic rings. The minimum Gasteiger partial charge on any atom is -0.454 e. The van der Waals surface area contributed by atoms with Crippen molar-refractivity contribution in [1.82, 2.24) is 14.4 Å². The summed E-state index contributed by atoms with van der Waals surface area (Å²) in [4.78, 5) is 33.1. The fourth-order valence-electron chi connectivity index (χ4n) is 6.30. The van der Waals surface area contributed by atoms with Gasteiger partial charge in [-0.3, -0.25) is 14.5 Å². The van der Waals surface area contributed by atoms with Crippen molar-refractivity contribution in [2.45, 2.75) is 58.7 Å². The summed E-state index contributed by atoms with van der Waals surface area (Å²) in [6.45, 7) is 8.08. The number of hydrogen-bond donors (Lipinski definition) is 0. The van der Waals surface area contributed by atoms with Crippen molar-refractivity contribution in [2.24, 2.45) is 0 Å². The first kappa shape index (κ1) is 29.2. The molecule has 4 heterocycles. The summed E-state index contributed by atoms with van der Waals surface area (Å²) in [6.07, 6.45) is 7.18. The summed E-state index contributed by atoms with van der Waals surface area (Å²) in [5.74, 6) is 1.02. The van der Waals surface area contributed by atoms with Gasteiger partial charge < -0.3 is 23.5 Å². The highest BCUT2D eigenvalue weighted by Gasteiger charge is 2.24. The van der Waals surface area contributed by atoms with Gasteiger partial charge in [-0.15, -0.1) is 0 Å². The maximum absolute atomic E-state index is 13.9. The molecule has 2 aromatic heterocycles. The van der Waals surface area contributed by atoms with E-state index in [1.54, 1.807) is 13.0 Å². The van der Waals surface area contributed by atoms with Crippen LogP contribution in [-0.4, -0.2) is 65.6 Å². The molecule has 0 saturated carbocycles. The summed E-state index contributed by atoms with van der Waals surface area (Å²) in [6, 6.07) is 20.5. The molecule has 0 aliphatic carbocycles. The van der Waals surface area contributed by atoms with Gasteiger partial charge in [0.15, 0.2) is 5.76 Å². The number of rotatable bonds is 5. The highest BCUT2D eigenvalue weighted by atomic mass is 16.5. The molecule has 0 unspecified atom stereocenters. The van der Waals surface area contributed by atoms with Crippen LogP contribution in [0.25, 0.3) is 10.9 Å². The molecule has 0 spiro atoms. The smallest absolute Gasteiger partial charge is 0.289 e. The van der Waals surface area contributed by atoms with E-state index in [1.807, 2.05) is 28.0 Å². The van der Waals surface area contributed by atoms with Crippen LogP contribution in [0.1, 0.15) is 66.5 Å². The van der Waals surface area contributed by atoms with Crippen LogP contribution in [0, 0.1) is 0 Å². The normalized spacial score (nSPS) is 17.3. The number of anilines is 1. The molecule has 226 valence electrons. The Balaban J connectivity index is 1.25.